The quantitative estimate of drug-likeness (QED) is 0.834. The van der Waals surface area contributed by atoms with Crippen molar-refractivity contribution in [3.63, 3.8) is 0 Å². The molecule has 0 bridgehead atoms. The van der Waals surface area contributed by atoms with Crippen molar-refractivity contribution in [1.82, 2.24) is 14.5 Å². The van der Waals surface area contributed by atoms with Gasteiger partial charge in [0.05, 0.1) is 6.20 Å². The number of nitrogens with one attached hydrogen (secondary N) is 1. The molecule has 1 aromatic heterocycles. The highest BCUT2D eigenvalue weighted by molar-refractivity contribution is 9.09. The molecule has 0 radical (unpaired) electrons. The van der Waals surface area contributed by atoms with Crippen molar-refractivity contribution in [1.29, 1.82) is 0 Å². The number of aryl methyl sites for hydroxylation is 1. The highest BCUT2D eigenvalue weighted by Gasteiger charge is 2.21. The van der Waals surface area contributed by atoms with E-state index in [-0.39, 0.29) is 15.3 Å². The van der Waals surface area contributed by atoms with E-state index in [1.807, 2.05) is 0 Å². The molecule has 1 unspecified atom stereocenters. The van der Waals surface area contributed by atoms with Gasteiger partial charge in [0.25, 0.3) is 10.0 Å². The topological polar surface area (TPSA) is 64.0 Å². The maximum atomic E-state index is 12.0. The van der Waals surface area contributed by atoms with Gasteiger partial charge in [-0.2, -0.15) is 5.10 Å². The molecule has 1 N–H and O–H groups in total. The van der Waals surface area contributed by atoms with Crippen LogP contribution in [0.3, 0.4) is 0 Å². The largest absolute Gasteiger partial charge is 0.257 e. The predicted molar refractivity (Wildman–Crippen MR) is 75.2 cm³/mol. The maximum absolute atomic E-state index is 12.0. The van der Waals surface area contributed by atoms with E-state index >= 15 is 0 Å². The zero-order chi connectivity index (χ0) is 14.0. The summed E-state index contributed by atoms with van der Waals surface area (Å²) in [6, 6.07) is 1.48. The Labute approximate surface area is 117 Å². The SMILES string of the molecule is Cn1nccc1S(=O)(=O)NCC(Br)CC(C)(C)C. The average Bonchev–Trinajstić information content (AvgIpc) is 2.60. The third-order valence-electron chi connectivity index (χ3n) is 2.38. The first-order valence-electron chi connectivity index (χ1n) is 5.73. The minimum absolute atomic E-state index is 0.112. The van der Waals surface area contributed by atoms with Crippen LogP contribution in [-0.4, -0.2) is 29.6 Å². The van der Waals surface area contributed by atoms with Gasteiger partial charge in [0.15, 0.2) is 5.03 Å². The highest BCUT2D eigenvalue weighted by atomic mass is 79.9. The van der Waals surface area contributed by atoms with Crippen LogP contribution in [0.15, 0.2) is 17.3 Å². The Morgan fingerprint density at radius 1 is 1.50 bits per heavy atom. The van der Waals surface area contributed by atoms with Gasteiger partial charge in [-0.15, -0.1) is 0 Å². The van der Waals surface area contributed by atoms with Gasteiger partial charge in [0, 0.05) is 18.4 Å². The molecule has 0 aliphatic heterocycles. The molecule has 0 amide bonds. The fourth-order valence-electron chi connectivity index (χ4n) is 1.64. The van der Waals surface area contributed by atoms with Crippen molar-refractivity contribution >= 4 is 26.0 Å². The Balaban J connectivity index is 2.61. The zero-order valence-corrected chi connectivity index (χ0v) is 13.5. The first-order chi connectivity index (χ1) is 8.12. The van der Waals surface area contributed by atoms with Crippen LogP contribution in [0.4, 0.5) is 0 Å². The average molecular weight is 338 g/mol. The van der Waals surface area contributed by atoms with Crippen LogP contribution in [-0.2, 0) is 17.1 Å². The Bertz CT molecular complexity index is 491. The van der Waals surface area contributed by atoms with Gasteiger partial charge in [-0.05, 0) is 17.9 Å². The summed E-state index contributed by atoms with van der Waals surface area (Å²) in [5.74, 6) is 0. The molecule has 18 heavy (non-hydrogen) atoms. The molecule has 0 aliphatic rings. The summed E-state index contributed by atoms with van der Waals surface area (Å²) in [6.45, 7) is 6.73. The van der Waals surface area contributed by atoms with E-state index in [2.05, 4.69) is 46.5 Å². The lowest BCUT2D eigenvalue weighted by atomic mass is 9.91. The van der Waals surface area contributed by atoms with Gasteiger partial charge in [-0.25, -0.2) is 13.1 Å². The van der Waals surface area contributed by atoms with E-state index in [0.29, 0.717) is 6.54 Å². The number of alkyl halides is 1. The molecule has 0 fully saturated rings. The molecule has 7 heteroatoms. The molecule has 1 aromatic rings. The number of hydrogen-bond donors (Lipinski definition) is 1. The Hall–Kier alpha value is -0.400. The van der Waals surface area contributed by atoms with Crippen molar-refractivity contribution in [3.05, 3.63) is 12.3 Å². The predicted octanol–water partition coefficient (Wildman–Crippen LogP) is 1.90. The van der Waals surface area contributed by atoms with E-state index in [0.717, 1.165) is 6.42 Å². The monoisotopic (exact) mass is 337 g/mol. The number of rotatable bonds is 5. The number of aromatic nitrogens is 2. The van der Waals surface area contributed by atoms with Crippen molar-refractivity contribution in [2.24, 2.45) is 12.5 Å². The Morgan fingerprint density at radius 3 is 2.56 bits per heavy atom. The summed E-state index contributed by atoms with van der Waals surface area (Å²) in [5, 5.41) is 4.03. The van der Waals surface area contributed by atoms with Gasteiger partial charge in [0.2, 0.25) is 0 Å². The van der Waals surface area contributed by atoms with Gasteiger partial charge in [0.1, 0.15) is 0 Å². The van der Waals surface area contributed by atoms with Crippen molar-refractivity contribution in [2.75, 3.05) is 6.54 Å². The molecule has 1 heterocycles. The highest BCUT2D eigenvalue weighted by Crippen LogP contribution is 2.24. The standard InChI is InChI=1S/C11H20BrN3O2S/c1-11(2,3)7-9(12)8-14-18(16,17)10-5-6-13-15(10)4/h5-6,9,14H,7-8H2,1-4H3. The van der Waals surface area contributed by atoms with E-state index < -0.39 is 10.0 Å². The van der Waals surface area contributed by atoms with Crippen molar-refractivity contribution < 1.29 is 8.42 Å². The molecular weight excluding hydrogens is 318 g/mol. The lowest BCUT2D eigenvalue weighted by molar-refractivity contribution is 0.373. The molecule has 0 saturated heterocycles. The van der Waals surface area contributed by atoms with Crippen LogP contribution in [0.2, 0.25) is 0 Å². The fraction of sp³-hybridized carbons (Fsp3) is 0.727. The second kappa shape index (κ2) is 5.71. The third kappa shape index (κ3) is 4.70. The van der Waals surface area contributed by atoms with Crippen molar-refractivity contribution in [3.8, 4) is 0 Å². The maximum Gasteiger partial charge on any atom is 0.257 e. The molecule has 0 saturated carbocycles. The lowest BCUT2D eigenvalue weighted by Crippen LogP contribution is -2.32. The van der Waals surface area contributed by atoms with E-state index in [9.17, 15) is 8.42 Å². The summed E-state index contributed by atoms with van der Waals surface area (Å²) in [6.07, 6.45) is 2.36. The normalized spacial score (nSPS) is 14.7. The first kappa shape index (κ1) is 15.7. The number of hydrogen-bond acceptors (Lipinski definition) is 3. The van der Waals surface area contributed by atoms with Crippen LogP contribution < -0.4 is 4.72 Å². The summed E-state index contributed by atoms with van der Waals surface area (Å²) in [4.78, 5) is 0.112. The van der Waals surface area contributed by atoms with E-state index in [1.165, 1.54) is 16.9 Å². The molecule has 1 rings (SSSR count). The molecule has 0 spiro atoms. The minimum atomic E-state index is -3.48. The first-order valence-corrected chi connectivity index (χ1v) is 8.13. The zero-order valence-electron chi connectivity index (χ0n) is 11.1. The second-order valence-electron chi connectivity index (χ2n) is 5.51. The van der Waals surface area contributed by atoms with Gasteiger partial charge < -0.3 is 0 Å². The van der Waals surface area contributed by atoms with Crippen LogP contribution in [0.5, 0.6) is 0 Å². The second-order valence-corrected chi connectivity index (χ2v) is 8.52. The lowest BCUT2D eigenvalue weighted by Gasteiger charge is -2.22. The van der Waals surface area contributed by atoms with Crippen LogP contribution >= 0.6 is 15.9 Å². The summed E-state index contributed by atoms with van der Waals surface area (Å²) in [7, 11) is -1.87. The molecule has 104 valence electrons. The number of halogens is 1. The summed E-state index contributed by atoms with van der Waals surface area (Å²) < 4.78 is 27.9. The number of nitrogens with zero attached hydrogens (tertiary/aromatic N) is 2. The van der Waals surface area contributed by atoms with Gasteiger partial charge in [-0.1, -0.05) is 36.7 Å². The summed E-state index contributed by atoms with van der Waals surface area (Å²) in [5.41, 5.74) is 0.159. The fourth-order valence-corrected chi connectivity index (χ4v) is 4.19. The Morgan fingerprint density at radius 2 is 2.11 bits per heavy atom. The molecule has 0 aromatic carbocycles. The van der Waals surface area contributed by atoms with Gasteiger partial charge >= 0.3 is 0 Å². The van der Waals surface area contributed by atoms with Gasteiger partial charge in [-0.3, -0.25) is 4.68 Å². The van der Waals surface area contributed by atoms with Crippen LogP contribution in [0.1, 0.15) is 27.2 Å². The Kier molecular flexibility index (Phi) is 4.97. The van der Waals surface area contributed by atoms with E-state index in [4.69, 9.17) is 0 Å². The van der Waals surface area contributed by atoms with Crippen LogP contribution in [0.25, 0.3) is 0 Å². The molecular formula is C11H20BrN3O2S. The van der Waals surface area contributed by atoms with Crippen LogP contribution in [0, 0.1) is 5.41 Å². The number of sulfonamides is 1. The van der Waals surface area contributed by atoms with E-state index in [1.54, 1.807) is 7.05 Å². The third-order valence-corrected chi connectivity index (χ3v) is 4.53. The molecule has 0 aliphatic carbocycles. The summed E-state index contributed by atoms with van der Waals surface area (Å²) >= 11 is 3.50. The smallest absolute Gasteiger partial charge is 0.256 e. The minimum Gasteiger partial charge on any atom is -0.256 e. The molecule has 1 atom stereocenters. The molecule has 5 nitrogen and oxygen atoms in total. The van der Waals surface area contributed by atoms with Crippen molar-refractivity contribution in [2.45, 2.75) is 37.0 Å².